The molecule has 1 fully saturated rings. The number of halogens is 1. The van der Waals surface area contributed by atoms with E-state index in [1.54, 1.807) is 28.7 Å². The van der Waals surface area contributed by atoms with Gasteiger partial charge in [0, 0.05) is 62.8 Å². The van der Waals surface area contributed by atoms with Gasteiger partial charge in [-0.2, -0.15) is 0 Å². The molecule has 1 aromatic rings. The van der Waals surface area contributed by atoms with Crippen molar-refractivity contribution in [1.82, 2.24) is 14.2 Å². The highest BCUT2D eigenvalue weighted by Gasteiger charge is 2.47. The number of aromatic amines is 1. The van der Waals surface area contributed by atoms with E-state index in [0.717, 1.165) is 42.1 Å². The molecule has 11 nitrogen and oxygen atoms in total. The number of alkyl halides is 1. The first-order chi connectivity index (χ1) is 22.3. The molecule has 5 unspecified atom stereocenters. The molecule has 46 heavy (non-hydrogen) atoms. The maximum atomic E-state index is 15.8. The highest BCUT2D eigenvalue weighted by Crippen LogP contribution is 2.50. The molecule has 1 saturated heterocycles. The maximum Gasteiger partial charge on any atom is 0.330 e. The molecule has 0 saturated carbocycles. The Balaban J connectivity index is 1.84. The zero-order valence-corrected chi connectivity index (χ0v) is 30.9. The van der Waals surface area contributed by atoms with Crippen LogP contribution < -0.4 is 11.2 Å². The van der Waals surface area contributed by atoms with Gasteiger partial charge in [0.15, 0.2) is 12.4 Å². The molecule has 266 valence electrons. The monoisotopic (exact) mass is 712 g/mol. The quantitative estimate of drug-likeness (QED) is 0.0742. The van der Waals surface area contributed by atoms with Crippen LogP contribution in [0, 0.1) is 0 Å². The minimum absolute atomic E-state index is 0.0261. The number of carbonyl (C=O) groups is 1. The molecule has 0 aromatic carbocycles. The summed E-state index contributed by atoms with van der Waals surface area (Å²) in [7, 11) is 3.51. The van der Waals surface area contributed by atoms with Crippen molar-refractivity contribution in [1.29, 1.82) is 0 Å². The minimum Gasteiger partial charge on any atom is -0.382 e. The van der Waals surface area contributed by atoms with Crippen LogP contribution in [0.15, 0.2) is 21.9 Å². The molecule has 0 spiro atoms. The van der Waals surface area contributed by atoms with Crippen LogP contribution in [0.5, 0.6) is 0 Å². The Hall–Kier alpha value is -0.830. The second-order valence-electron chi connectivity index (χ2n) is 12.4. The van der Waals surface area contributed by atoms with Crippen LogP contribution in [0.25, 0.3) is 0 Å². The number of ketones is 1. The molecule has 15 heteroatoms. The standard InChI is InChI=1S/C31H55FN3O8PS2/c1-22(2)35(23(3)4)44(43-28-24(5)42-29(27(28)32)34-16-14-26(37)33-30(34)38)41-18-9-10-21-45-46-31(6,7)15-13-25(36)12-11-17-40-20-19-39-8/h14,16,22-24,27-29H,9-13,15,17-21H2,1-8H3,(H,33,37,38)/i5D. The third kappa shape index (κ3) is 14.3. The number of nitrogens with one attached hydrogen (secondary N) is 1. The van der Waals surface area contributed by atoms with E-state index < -0.39 is 44.4 Å². The molecular weight excluding hydrogens is 656 g/mol. The molecular formula is C31H55FN3O8PS2. The van der Waals surface area contributed by atoms with Crippen LogP contribution in [-0.4, -0.2) is 94.5 Å². The van der Waals surface area contributed by atoms with Gasteiger partial charge in [-0.15, -0.1) is 0 Å². The Bertz CT molecular complexity index is 1160. The summed E-state index contributed by atoms with van der Waals surface area (Å²) >= 11 is 0. The van der Waals surface area contributed by atoms with E-state index in [-0.39, 0.29) is 29.5 Å². The number of aromatic nitrogens is 2. The Morgan fingerprint density at radius 1 is 1.15 bits per heavy atom. The zero-order valence-electron chi connectivity index (χ0n) is 29.4. The number of H-pyrrole nitrogens is 1. The Labute approximate surface area is 284 Å². The van der Waals surface area contributed by atoms with Crippen LogP contribution in [0.2, 0.25) is 0 Å². The molecule has 5 atom stereocenters. The average molecular weight is 713 g/mol. The minimum atomic E-state index is -1.75. The van der Waals surface area contributed by atoms with Gasteiger partial charge in [-0.1, -0.05) is 21.6 Å². The normalized spacial score (nSPS) is 21.4. The summed E-state index contributed by atoms with van der Waals surface area (Å²) in [4.78, 5) is 38.3. The van der Waals surface area contributed by atoms with Crippen molar-refractivity contribution in [2.45, 2.75) is 128 Å². The number of hydrogen-bond donors (Lipinski definition) is 1. The number of nitrogens with zero attached hydrogens (tertiary/aromatic N) is 2. The number of ether oxygens (including phenoxy) is 3. The number of methoxy groups -OCH3 is 1. The SMILES string of the molecule is [2H]CC1OC(n2ccc(=O)[nH]c2=O)C(F)C1OP(OCCCCSSC(C)(C)CCC(=O)CCCOCCOC)N(C(C)C)C(C)C. The Morgan fingerprint density at radius 3 is 2.54 bits per heavy atom. The van der Waals surface area contributed by atoms with Crippen molar-refractivity contribution >= 4 is 35.9 Å². The fraction of sp³-hybridized carbons (Fsp3) is 0.839. The van der Waals surface area contributed by atoms with Crippen molar-refractivity contribution in [2.75, 3.05) is 39.3 Å². The van der Waals surface area contributed by atoms with E-state index >= 15 is 4.39 Å². The Kier molecular flexibility index (Phi) is 18.3. The smallest absolute Gasteiger partial charge is 0.330 e. The molecule has 2 rings (SSSR count). The third-order valence-electron chi connectivity index (χ3n) is 7.14. The van der Waals surface area contributed by atoms with Crippen LogP contribution in [-0.2, 0) is 28.1 Å². The fourth-order valence-corrected chi connectivity index (χ4v) is 9.25. The molecule has 1 aliphatic rings. The predicted octanol–water partition coefficient (Wildman–Crippen LogP) is 6.27. The lowest BCUT2D eigenvalue weighted by molar-refractivity contribution is -0.119. The van der Waals surface area contributed by atoms with E-state index in [1.807, 2.05) is 27.7 Å². The molecule has 0 bridgehead atoms. The van der Waals surface area contributed by atoms with Crippen LogP contribution >= 0.6 is 30.1 Å². The lowest BCUT2D eigenvalue weighted by atomic mass is 10.0. The number of carbonyl (C=O) groups excluding carboxylic acids is 1. The highest BCUT2D eigenvalue weighted by atomic mass is 33.1. The van der Waals surface area contributed by atoms with Crippen molar-refractivity contribution in [2.24, 2.45) is 0 Å². The topological polar surface area (TPSA) is 121 Å². The maximum absolute atomic E-state index is 15.8. The first-order valence-electron chi connectivity index (χ1n) is 16.7. The number of Topliss-reactive ketones (excluding diaryl/α,β-unsaturated/α-hetero) is 1. The van der Waals surface area contributed by atoms with Crippen molar-refractivity contribution < 1.29 is 33.8 Å². The van der Waals surface area contributed by atoms with E-state index in [4.69, 9.17) is 24.6 Å². The van der Waals surface area contributed by atoms with Gasteiger partial charge in [-0.3, -0.25) is 19.1 Å². The number of rotatable bonds is 24. The number of unbranched alkanes of at least 4 members (excludes halogenated alkanes) is 1. The van der Waals surface area contributed by atoms with Gasteiger partial charge in [0.1, 0.15) is 11.9 Å². The van der Waals surface area contributed by atoms with Gasteiger partial charge >= 0.3 is 5.69 Å². The largest absolute Gasteiger partial charge is 0.382 e. The van der Waals surface area contributed by atoms with E-state index in [2.05, 4.69) is 23.5 Å². The zero-order chi connectivity index (χ0) is 35.0. The molecule has 0 aliphatic carbocycles. The summed E-state index contributed by atoms with van der Waals surface area (Å²) in [6.07, 6.45) is 0.404. The summed E-state index contributed by atoms with van der Waals surface area (Å²) in [5.41, 5.74) is -1.38. The van der Waals surface area contributed by atoms with Gasteiger partial charge in [0.05, 0.1) is 25.9 Å². The fourth-order valence-electron chi connectivity index (χ4n) is 4.73. The second-order valence-corrected chi connectivity index (χ2v) is 16.9. The average Bonchev–Trinajstić information content (AvgIpc) is 3.31. The predicted molar refractivity (Wildman–Crippen MR) is 185 cm³/mol. The summed E-state index contributed by atoms with van der Waals surface area (Å²) in [6, 6.07) is 1.22. The number of hydrogen-bond acceptors (Lipinski definition) is 11. The summed E-state index contributed by atoms with van der Waals surface area (Å²) in [6.45, 7) is 14.2. The lowest BCUT2D eigenvalue weighted by Gasteiger charge is -2.37. The van der Waals surface area contributed by atoms with E-state index in [1.165, 1.54) is 6.20 Å². The third-order valence-corrected chi connectivity index (χ3v) is 12.7. The first-order valence-corrected chi connectivity index (χ1v) is 19.4. The van der Waals surface area contributed by atoms with Crippen LogP contribution in [0.1, 0.15) is 94.6 Å². The Morgan fingerprint density at radius 2 is 1.89 bits per heavy atom. The van der Waals surface area contributed by atoms with Crippen LogP contribution in [0.4, 0.5) is 4.39 Å². The van der Waals surface area contributed by atoms with Gasteiger partial charge in [0.2, 0.25) is 0 Å². The van der Waals surface area contributed by atoms with E-state index in [9.17, 15) is 14.4 Å². The van der Waals surface area contributed by atoms with Crippen molar-refractivity contribution in [3.05, 3.63) is 33.1 Å². The molecule has 1 aromatic heterocycles. The summed E-state index contributed by atoms with van der Waals surface area (Å²) in [5, 5.41) is 0. The van der Waals surface area contributed by atoms with Crippen LogP contribution in [0.3, 0.4) is 0 Å². The van der Waals surface area contributed by atoms with Gasteiger partial charge in [0.25, 0.3) is 14.1 Å². The molecule has 0 radical (unpaired) electrons. The lowest BCUT2D eigenvalue weighted by Crippen LogP contribution is -2.38. The highest BCUT2D eigenvalue weighted by molar-refractivity contribution is 8.77. The molecule has 2 heterocycles. The van der Waals surface area contributed by atoms with Gasteiger partial charge in [-0.25, -0.2) is 13.9 Å². The van der Waals surface area contributed by atoms with E-state index in [0.29, 0.717) is 39.3 Å². The summed E-state index contributed by atoms with van der Waals surface area (Å²) < 4.78 is 55.5. The van der Waals surface area contributed by atoms with Crippen molar-refractivity contribution in [3.8, 4) is 0 Å². The molecule has 0 amide bonds. The molecule has 1 N–H and O–H groups in total. The second kappa shape index (κ2) is 21.3. The first kappa shape index (κ1) is 39.6. The van der Waals surface area contributed by atoms with Crippen molar-refractivity contribution in [3.63, 3.8) is 0 Å². The molecule has 1 aliphatic heterocycles. The van der Waals surface area contributed by atoms with Gasteiger partial charge in [-0.05, 0) is 74.1 Å². The van der Waals surface area contributed by atoms with Gasteiger partial charge < -0.3 is 23.3 Å². The summed E-state index contributed by atoms with van der Waals surface area (Å²) in [5.74, 6) is 1.19.